The van der Waals surface area contributed by atoms with E-state index in [4.69, 9.17) is 9.15 Å². The van der Waals surface area contributed by atoms with Gasteiger partial charge in [-0.05, 0) is 33.8 Å². The lowest BCUT2D eigenvalue weighted by Crippen LogP contribution is -2.48. The second-order valence-corrected chi connectivity index (χ2v) is 5.70. The number of carbonyl (C=O) groups is 2. The van der Waals surface area contributed by atoms with Crippen LogP contribution in [0.3, 0.4) is 0 Å². The molecule has 116 valence electrons. The second-order valence-electron chi connectivity index (χ2n) is 5.70. The van der Waals surface area contributed by atoms with Gasteiger partial charge >= 0.3 is 12.0 Å². The molecule has 0 aliphatic heterocycles. The van der Waals surface area contributed by atoms with E-state index < -0.39 is 28.0 Å². The zero-order valence-corrected chi connectivity index (χ0v) is 12.6. The summed E-state index contributed by atoms with van der Waals surface area (Å²) in [6, 6.07) is 2.41. The van der Waals surface area contributed by atoms with Gasteiger partial charge in [0.15, 0.2) is 11.8 Å². The Morgan fingerprint density at radius 1 is 1.38 bits per heavy atom. The van der Waals surface area contributed by atoms with Crippen LogP contribution in [0.5, 0.6) is 0 Å². The van der Waals surface area contributed by atoms with Gasteiger partial charge in [-0.25, -0.2) is 4.79 Å². The van der Waals surface area contributed by atoms with Crippen molar-refractivity contribution in [2.45, 2.75) is 38.8 Å². The lowest BCUT2D eigenvalue weighted by atomic mass is 10.00. The first-order valence-corrected chi connectivity index (χ1v) is 6.19. The molecule has 8 heteroatoms. The van der Waals surface area contributed by atoms with Crippen LogP contribution in [-0.4, -0.2) is 34.9 Å². The molecule has 1 aromatic heterocycles. The van der Waals surface area contributed by atoms with Gasteiger partial charge < -0.3 is 13.9 Å². The molecule has 0 saturated carbocycles. The Morgan fingerprint density at radius 3 is 2.33 bits per heavy atom. The number of nitrogens with zero attached hydrogens (tertiary/aromatic N) is 2. The van der Waals surface area contributed by atoms with E-state index in [1.807, 2.05) is 0 Å². The molecule has 1 aromatic rings. The van der Waals surface area contributed by atoms with Crippen LogP contribution in [0, 0.1) is 10.1 Å². The minimum atomic E-state index is -1.50. The third-order valence-corrected chi connectivity index (χ3v) is 2.86. The summed E-state index contributed by atoms with van der Waals surface area (Å²) in [6.07, 6.45) is -0.268. The number of rotatable bonds is 4. The fourth-order valence-electron chi connectivity index (χ4n) is 1.52. The molecule has 0 bridgehead atoms. The van der Waals surface area contributed by atoms with Gasteiger partial charge in [-0.1, -0.05) is 0 Å². The van der Waals surface area contributed by atoms with Gasteiger partial charge in [-0.15, -0.1) is 0 Å². The van der Waals surface area contributed by atoms with Crippen molar-refractivity contribution in [3.63, 3.8) is 0 Å². The first kappa shape index (κ1) is 16.7. The number of furan rings is 1. The maximum Gasteiger partial charge on any atom is 0.433 e. The van der Waals surface area contributed by atoms with Crippen molar-refractivity contribution in [3.8, 4) is 0 Å². The van der Waals surface area contributed by atoms with Crippen LogP contribution in [0.2, 0.25) is 0 Å². The molecule has 0 aromatic carbocycles. The summed E-state index contributed by atoms with van der Waals surface area (Å²) in [7, 11) is 1.36. The molecule has 0 saturated heterocycles. The summed E-state index contributed by atoms with van der Waals surface area (Å²) in [5.74, 6) is -0.520. The van der Waals surface area contributed by atoms with Crippen LogP contribution < -0.4 is 0 Å². The first-order chi connectivity index (χ1) is 9.51. The molecular formula is C13H18N2O6. The Hall–Kier alpha value is -2.38. The van der Waals surface area contributed by atoms with E-state index in [2.05, 4.69) is 0 Å². The Labute approximate surface area is 121 Å². The average Bonchev–Trinajstić information content (AvgIpc) is 2.85. The van der Waals surface area contributed by atoms with Crippen molar-refractivity contribution >= 4 is 18.3 Å². The van der Waals surface area contributed by atoms with Gasteiger partial charge in [0.05, 0.1) is 6.07 Å². The largest absolute Gasteiger partial charge is 0.444 e. The molecule has 1 heterocycles. The van der Waals surface area contributed by atoms with Crippen molar-refractivity contribution < 1.29 is 23.7 Å². The van der Waals surface area contributed by atoms with Crippen LogP contribution in [0.15, 0.2) is 16.5 Å². The number of nitro groups is 1. The molecule has 8 nitrogen and oxygen atoms in total. The smallest absolute Gasteiger partial charge is 0.433 e. The average molecular weight is 298 g/mol. The van der Waals surface area contributed by atoms with E-state index in [0.29, 0.717) is 6.29 Å². The number of carbonyl (C=O) groups excluding carboxylic acids is 2. The number of hydrogen-bond acceptors (Lipinski definition) is 6. The maximum atomic E-state index is 12.0. The quantitative estimate of drug-likeness (QED) is 0.480. The maximum absolute atomic E-state index is 12.0. The van der Waals surface area contributed by atoms with Gasteiger partial charge in [0.1, 0.15) is 16.3 Å². The van der Waals surface area contributed by atoms with Crippen molar-refractivity contribution in [2.24, 2.45) is 0 Å². The van der Waals surface area contributed by atoms with E-state index in [1.165, 1.54) is 20.0 Å². The summed E-state index contributed by atoms with van der Waals surface area (Å²) in [5.41, 5.74) is -2.24. The molecule has 0 aliphatic carbocycles. The molecule has 0 N–H and O–H groups in total. The SMILES string of the molecule is CN(C(=O)OC(C)(C)C)C(C)(C=O)c1ccc([N+](=O)[O-])o1. The van der Waals surface area contributed by atoms with Gasteiger partial charge in [-0.3, -0.25) is 15.0 Å². The van der Waals surface area contributed by atoms with Crippen LogP contribution >= 0.6 is 0 Å². The monoisotopic (exact) mass is 298 g/mol. The number of hydrogen-bond donors (Lipinski definition) is 0. The summed E-state index contributed by atoms with van der Waals surface area (Å²) < 4.78 is 10.2. The van der Waals surface area contributed by atoms with Gasteiger partial charge in [0, 0.05) is 7.05 Å². The second kappa shape index (κ2) is 5.55. The summed E-state index contributed by atoms with van der Waals surface area (Å²) in [4.78, 5) is 34.4. The van der Waals surface area contributed by atoms with Crippen LogP contribution in [0.25, 0.3) is 0 Å². The third kappa shape index (κ3) is 3.59. The molecule has 1 unspecified atom stereocenters. The fourth-order valence-corrected chi connectivity index (χ4v) is 1.52. The number of aldehydes is 1. The van der Waals surface area contributed by atoms with Crippen LogP contribution in [0.4, 0.5) is 10.7 Å². The topological polar surface area (TPSA) is 103 Å². The number of amides is 1. The molecule has 0 radical (unpaired) electrons. The molecule has 21 heavy (non-hydrogen) atoms. The van der Waals surface area contributed by atoms with Gasteiger partial charge in [0.25, 0.3) is 0 Å². The molecular weight excluding hydrogens is 280 g/mol. The highest BCUT2D eigenvalue weighted by atomic mass is 16.6. The predicted molar refractivity (Wildman–Crippen MR) is 72.8 cm³/mol. The molecule has 1 rings (SSSR count). The Kier molecular flexibility index (Phi) is 4.40. The third-order valence-electron chi connectivity index (χ3n) is 2.86. The zero-order valence-electron chi connectivity index (χ0n) is 12.6. The van der Waals surface area contributed by atoms with Gasteiger partial charge in [-0.2, -0.15) is 0 Å². The lowest BCUT2D eigenvalue weighted by Gasteiger charge is -2.33. The van der Waals surface area contributed by atoms with E-state index in [1.54, 1.807) is 20.8 Å². The summed E-state index contributed by atoms with van der Waals surface area (Å²) in [6.45, 7) is 6.48. The highest BCUT2D eigenvalue weighted by molar-refractivity contribution is 5.77. The molecule has 0 spiro atoms. The van der Waals surface area contributed by atoms with E-state index >= 15 is 0 Å². The number of likely N-dealkylation sites (N-methyl/N-ethyl adjacent to an activating group) is 1. The Bertz CT molecular complexity index is 559. The van der Waals surface area contributed by atoms with Gasteiger partial charge in [0.2, 0.25) is 0 Å². The lowest BCUT2D eigenvalue weighted by molar-refractivity contribution is -0.402. The van der Waals surface area contributed by atoms with E-state index in [-0.39, 0.29) is 5.76 Å². The summed E-state index contributed by atoms with van der Waals surface area (Å²) >= 11 is 0. The van der Waals surface area contributed by atoms with E-state index in [0.717, 1.165) is 11.0 Å². The molecule has 1 atom stereocenters. The normalized spacial score (nSPS) is 14.1. The Morgan fingerprint density at radius 2 is 1.95 bits per heavy atom. The standard InChI is InChI=1S/C13H18N2O6/c1-12(2,3)21-11(17)14(5)13(4,8-16)9-6-7-10(20-9)15(18)19/h6-8H,1-5H3. The Balaban J connectivity index is 3.10. The molecule has 0 aliphatic rings. The fraction of sp³-hybridized carbons (Fsp3) is 0.538. The van der Waals surface area contributed by atoms with Crippen molar-refractivity contribution in [1.29, 1.82) is 0 Å². The van der Waals surface area contributed by atoms with Crippen molar-refractivity contribution in [1.82, 2.24) is 4.90 Å². The van der Waals surface area contributed by atoms with Crippen molar-refractivity contribution in [2.75, 3.05) is 7.05 Å². The first-order valence-electron chi connectivity index (χ1n) is 6.19. The van der Waals surface area contributed by atoms with Crippen molar-refractivity contribution in [3.05, 3.63) is 28.0 Å². The predicted octanol–water partition coefficient (Wildman–Crippen LogP) is 2.47. The highest BCUT2D eigenvalue weighted by Gasteiger charge is 2.40. The summed E-state index contributed by atoms with van der Waals surface area (Å²) in [5, 5.41) is 10.6. The molecule has 1 amide bonds. The van der Waals surface area contributed by atoms with Crippen LogP contribution in [0.1, 0.15) is 33.5 Å². The van der Waals surface area contributed by atoms with Crippen LogP contribution in [-0.2, 0) is 15.1 Å². The zero-order chi connectivity index (χ0) is 16.4. The number of ether oxygens (including phenoxy) is 1. The molecule has 0 fully saturated rings. The highest BCUT2D eigenvalue weighted by Crippen LogP contribution is 2.30. The minimum absolute atomic E-state index is 0.0161. The minimum Gasteiger partial charge on any atom is -0.444 e. The van der Waals surface area contributed by atoms with E-state index in [9.17, 15) is 19.7 Å².